The van der Waals surface area contributed by atoms with Crippen LogP contribution in [0.2, 0.25) is 0 Å². The second-order valence-electron chi connectivity index (χ2n) is 9.88. The van der Waals surface area contributed by atoms with Crippen LogP contribution in [-0.2, 0) is 12.6 Å². The van der Waals surface area contributed by atoms with Gasteiger partial charge in [0.2, 0.25) is 0 Å². The summed E-state index contributed by atoms with van der Waals surface area (Å²) < 4.78 is 58.1. The van der Waals surface area contributed by atoms with E-state index in [1.807, 2.05) is 18.4 Å². The quantitative estimate of drug-likeness (QED) is 0.271. The van der Waals surface area contributed by atoms with E-state index in [0.29, 0.717) is 29.5 Å². The van der Waals surface area contributed by atoms with Gasteiger partial charge in [0.1, 0.15) is 23.0 Å². The SMILES string of the molecule is CC[C@]1(N)C[C@H](c2ncc(OCCSC)c(Cc3cc(OC)cc(OC)c3)n2)c2cc(C(F)(F)F)ccc2N1C(=O)O. The predicted molar refractivity (Wildman–Crippen MR) is 154 cm³/mol. The number of amides is 1. The van der Waals surface area contributed by atoms with Gasteiger partial charge in [-0.15, -0.1) is 0 Å². The van der Waals surface area contributed by atoms with Gasteiger partial charge < -0.3 is 25.1 Å². The summed E-state index contributed by atoms with van der Waals surface area (Å²) in [7, 11) is 3.09. The van der Waals surface area contributed by atoms with Crippen molar-refractivity contribution in [3.63, 3.8) is 0 Å². The highest BCUT2D eigenvalue weighted by atomic mass is 32.2. The van der Waals surface area contributed by atoms with Crippen molar-refractivity contribution in [2.45, 2.75) is 43.9 Å². The Hall–Kier alpha value is -3.71. The van der Waals surface area contributed by atoms with Crippen LogP contribution in [0.1, 0.15) is 53.9 Å². The first-order chi connectivity index (χ1) is 19.9. The lowest BCUT2D eigenvalue weighted by atomic mass is 9.80. The molecule has 0 spiro atoms. The molecule has 2 atom stereocenters. The average molecular weight is 607 g/mol. The fourth-order valence-corrected chi connectivity index (χ4v) is 5.32. The topological polar surface area (TPSA) is 120 Å². The van der Waals surface area contributed by atoms with Gasteiger partial charge in [0.25, 0.3) is 0 Å². The monoisotopic (exact) mass is 606 g/mol. The summed E-state index contributed by atoms with van der Waals surface area (Å²) in [6.07, 6.45) is -2.06. The maximum Gasteiger partial charge on any atom is 0.416 e. The van der Waals surface area contributed by atoms with Crippen LogP contribution in [0.5, 0.6) is 17.2 Å². The third kappa shape index (κ3) is 6.51. The minimum Gasteiger partial charge on any atom is -0.497 e. The number of carboxylic acid groups (broad SMARTS) is 1. The van der Waals surface area contributed by atoms with Crippen molar-refractivity contribution in [1.29, 1.82) is 0 Å². The van der Waals surface area contributed by atoms with Crippen molar-refractivity contribution in [2.75, 3.05) is 37.7 Å². The van der Waals surface area contributed by atoms with Crippen molar-refractivity contribution >= 4 is 23.5 Å². The molecule has 0 fully saturated rings. The van der Waals surface area contributed by atoms with Gasteiger partial charge >= 0.3 is 12.3 Å². The standard InChI is InChI=1S/C29H33F3N4O5S/c1-5-28(33)15-22(21-13-18(29(30,31)32)6-7-24(21)36(28)27(37)38)26-34-16-25(41-8-9-42-4)23(35-26)12-17-10-19(39-2)14-20(11-17)40-3/h6-7,10-11,13-14,16,22H,5,8-9,12,15,33H2,1-4H3,(H,37,38)/t22-,28+/m0/s1. The molecule has 13 heteroatoms. The summed E-state index contributed by atoms with van der Waals surface area (Å²) >= 11 is 1.61. The number of fused-ring (bicyclic) bond motifs is 1. The molecule has 0 bridgehead atoms. The van der Waals surface area contributed by atoms with Crippen molar-refractivity contribution in [1.82, 2.24) is 9.97 Å². The molecule has 0 unspecified atom stereocenters. The van der Waals surface area contributed by atoms with E-state index in [1.165, 1.54) is 6.20 Å². The Kier molecular flexibility index (Phi) is 9.41. The van der Waals surface area contributed by atoms with Crippen molar-refractivity contribution in [3.05, 3.63) is 70.8 Å². The zero-order valence-electron chi connectivity index (χ0n) is 23.7. The number of aromatic nitrogens is 2. The summed E-state index contributed by atoms with van der Waals surface area (Å²) in [6, 6.07) is 8.37. The highest BCUT2D eigenvalue weighted by molar-refractivity contribution is 7.98. The van der Waals surface area contributed by atoms with Crippen LogP contribution in [0.3, 0.4) is 0 Å². The highest BCUT2D eigenvalue weighted by Crippen LogP contribution is 2.47. The lowest BCUT2D eigenvalue weighted by Crippen LogP contribution is -2.61. The molecule has 2 heterocycles. The zero-order chi connectivity index (χ0) is 30.7. The lowest BCUT2D eigenvalue weighted by Gasteiger charge is -2.46. The minimum absolute atomic E-state index is 0.0246. The third-order valence-electron chi connectivity index (χ3n) is 7.27. The van der Waals surface area contributed by atoms with E-state index in [-0.39, 0.29) is 36.3 Å². The molecule has 3 aromatic rings. The number of carbonyl (C=O) groups is 1. The van der Waals surface area contributed by atoms with E-state index in [0.717, 1.165) is 34.4 Å². The number of alkyl halides is 3. The Morgan fingerprint density at radius 3 is 2.45 bits per heavy atom. The maximum absolute atomic E-state index is 13.8. The Labute approximate surface area is 246 Å². The van der Waals surface area contributed by atoms with Gasteiger partial charge in [0.15, 0.2) is 5.75 Å². The van der Waals surface area contributed by atoms with Gasteiger partial charge in [-0.05, 0) is 60.6 Å². The van der Waals surface area contributed by atoms with E-state index >= 15 is 0 Å². The molecule has 1 aliphatic heterocycles. The number of methoxy groups -OCH3 is 2. The normalized spacial score (nSPS) is 18.4. The largest absolute Gasteiger partial charge is 0.497 e. The molecule has 4 rings (SSSR count). The van der Waals surface area contributed by atoms with E-state index in [4.69, 9.17) is 24.9 Å². The van der Waals surface area contributed by atoms with Crippen LogP contribution >= 0.6 is 11.8 Å². The van der Waals surface area contributed by atoms with E-state index in [1.54, 1.807) is 39.0 Å². The number of hydrogen-bond acceptors (Lipinski definition) is 8. The maximum atomic E-state index is 13.8. The Bertz CT molecular complexity index is 1420. The first-order valence-corrected chi connectivity index (χ1v) is 14.6. The molecular weight excluding hydrogens is 573 g/mol. The minimum atomic E-state index is -4.64. The number of rotatable bonds is 10. The molecule has 0 aliphatic carbocycles. The molecule has 9 nitrogen and oxygen atoms in total. The van der Waals surface area contributed by atoms with Gasteiger partial charge in [-0.25, -0.2) is 14.8 Å². The van der Waals surface area contributed by atoms with Crippen LogP contribution < -0.4 is 24.8 Å². The molecule has 0 saturated heterocycles. The summed E-state index contributed by atoms with van der Waals surface area (Å²) in [6.45, 7) is 2.13. The lowest BCUT2D eigenvalue weighted by molar-refractivity contribution is -0.137. The highest BCUT2D eigenvalue weighted by Gasteiger charge is 2.46. The molecule has 226 valence electrons. The number of ether oxygens (including phenoxy) is 3. The smallest absolute Gasteiger partial charge is 0.416 e. The van der Waals surface area contributed by atoms with Gasteiger partial charge in [0, 0.05) is 24.2 Å². The number of anilines is 1. The molecule has 0 radical (unpaired) electrons. The predicted octanol–water partition coefficient (Wildman–Crippen LogP) is 5.93. The van der Waals surface area contributed by atoms with Gasteiger partial charge in [-0.3, -0.25) is 4.90 Å². The fraction of sp³-hybridized carbons (Fsp3) is 0.414. The molecule has 1 aliphatic rings. The Morgan fingerprint density at radius 2 is 1.88 bits per heavy atom. The van der Waals surface area contributed by atoms with Crippen LogP contribution in [0.4, 0.5) is 23.7 Å². The number of thioether (sulfide) groups is 1. The first-order valence-electron chi connectivity index (χ1n) is 13.2. The zero-order valence-corrected chi connectivity index (χ0v) is 24.5. The van der Waals surface area contributed by atoms with E-state index < -0.39 is 29.4 Å². The number of benzene rings is 2. The third-order valence-corrected chi connectivity index (χ3v) is 7.84. The molecule has 3 N–H and O–H groups in total. The van der Waals surface area contributed by atoms with E-state index in [9.17, 15) is 23.1 Å². The number of hydrogen-bond donors (Lipinski definition) is 2. The summed E-state index contributed by atoms with van der Waals surface area (Å²) in [5.41, 5.74) is 5.82. The Morgan fingerprint density at radius 1 is 1.19 bits per heavy atom. The summed E-state index contributed by atoms with van der Waals surface area (Å²) in [5, 5.41) is 10.0. The van der Waals surface area contributed by atoms with E-state index in [2.05, 4.69) is 4.98 Å². The second-order valence-corrected chi connectivity index (χ2v) is 10.9. The van der Waals surface area contributed by atoms with Crippen LogP contribution in [0.15, 0.2) is 42.6 Å². The molecule has 2 aromatic carbocycles. The molecule has 42 heavy (non-hydrogen) atoms. The van der Waals surface area contributed by atoms with Crippen LogP contribution in [0.25, 0.3) is 0 Å². The number of nitrogens with two attached hydrogens (primary N) is 1. The van der Waals surface area contributed by atoms with Crippen molar-refractivity contribution < 1.29 is 37.3 Å². The fourth-order valence-electron chi connectivity index (χ4n) is 5.07. The molecular formula is C29H33F3N4O5S. The summed E-state index contributed by atoms with van der Waals surface area (Å²) in [4.78, 5) is 22.6. The summed E-state index contributed by atoms with van der Waals surface area (Å²) in [5.74, 6) is 1.70. The molecule has 0 saturated carbocycles. The van der Waals surface area contributed by atoms with Gasteiger partial charge in [0.05, 0.1) is 44.0 Å². The van der Waals surface area contributed by atoms with Crippen LogP contribution in [0, 0.1) is 0 Å². The molecule has 1 aromatic heterocycles. The molecule has 1 amide bonds. The van der Waals surface area contributed by atoms with Crippen molar-refractivity contribution in [3.8, 4) is 17.2 Å². The van der Waals surface area contributed by atoms with Gasteiger partial charge in [-0.1, -0.05) is 6.92 Å². The average Bonchev–Trinajstić information content (AvgIpc) is 2.96. The van der Waals surface area contributed by atoms with Crippen molar-refractivity contribution in [2.24, 2.45) is 5.73 Å². The first kappa shape index (κ1) is 31.2. The second kappa shape index (κ2) is 12.7. The number of nitrogens with zero attached hydrogens (tertiary/aromatic N) is 3. The van der Waals surface area contributed by atoms with Gasteiger partial charge in [-0.2, -0.15) is 24.9 Å². The van der Waals surface area contributed by atoms with Crippen LogP contribution in [-0.4, -0.2) is 59.7 Å². The Balaban J connectivity index is 1.87. The number of halogens is 3.